The molecule has 0 radical (unpaired) electrons. The lowest BCUT2D eigenvalue weighted by atomic mass is 9.97. The minimum atomic E-state index is -1.74. The SMILES string of the molecule is NC[C@H](O)CC[C@H](N)C(=O)O.OC[C@H]1O[C@@H](O[C@H]2[C@H](O)[C@@H](O)C(O)O[C@@H]2CO)[C@H](O)[C@@H](O)[C@H]1O. The predicted octanol–water partition coefficient (Wildman–Crippen LogP) is -6.90. The van der Waals surface area contributed by atoms with E-state index < -0.39 is 92.7 Å². The van der Waals surface area contributed by atoms with E-state index >= 15 is 0 Å². The van der Waals surface area contributed by atoms with Gasteiger partial charge in [-0.25, -0.2) is 0 Å². The van der Waals surface area contributed by atoms with E-state index in [9.17, 15) is 40.5 Å². The molecule has 0 aromatic heterocycles. The number of carboxylic acids is 1. The van der Waals surface area contributed by atoms with E-state index in [2.05, 4.69) is 0 Å². The van der Waals surface area contributed by atoms with Crippen molar-refractivity contribution in [3.8, 4) is 0 Å². The minimum Gasteiger partial charge on any atom is -0.480 e. The van der Waals surface area contributed by atoms with Crippen LogP contribution in [-0.2, 0) is 19.0 Å². The molecule has 0 spiro atoms. The summed E-state index contributed by atoms with van der Waals surface area (Å²) in [6.45, 7) is -1.20. The summed E-state index contributed by atoms with van der Waals surface area (Å²) < 4.78 is 15.3. The number of nitrogens with two attached hydrogens (primary N) is 2. The molecular weight excluding hydrogens is 468 g/mol. The Morgan fingerprint density at radius 2 is 1.44 bits per heavy atom. The maximum atomic E-state index is 10.2. The van der Waals surface area contributed by atoms with Gasteiger partial charge in [-0.1, -0.05) is 0 Å². The van der Waals surface area contributed by atoms with Crippen LogP contribution >= 0.6 is 0 Å². The molecule has 0 aliphatic carbocycles. The van der Waals surface area contributed by atoms with Crippen LogP contribution in [0.4, 0.5) is 0 Å². The van der Waals surface area contributed by atoms with Gasteiger partial charge in [0, 0.05) is 6.54 Å². The van der Waals surface area contributed by atoms with Gasteiger partial charge in [-0.3, -0.25) is 4.79 Å². The highest BCUT2D eigenvalue weighted by Gasteiger charge is 2.50. The summed E-state index contributed by atoms with van der Waals surface area (Å²) in [5, 5.41) is 93.7. The van der Waals surface area contributed by atoms with Crippen LogP contribution in [0.3, 0.4) is 0 Å². The van der Waals surface area contributed by atoms with Gasteiger partial charge in [0.1, 0.15) is 54.9 Å². The van der Waals surface area contributed by atoms with Crippen molar-refractivity contribution in [3.63, 3.8) is 0 Å². The lowest BCUT2D eigenvalue weighted by molar-refractivity contribution is -0.355. The Hall–Kier alpha value is -1.09. The summed E-state index contributed by atoms with van der Waals surface area (Å²) in [4.78, 5) is 10.2. The van der Waals surface area contributed by atoms with Crippen molar-refractivity contribution in [2.24, 2.45) is 11.5 Å². The number of ether oxygens (including phenoxy) is 3. The van der Waals surface area contributed by atoms with Crippen molar-refractivity contribution in [2.45, 2.75) is 86.4 Å². The Bertz CT molecular complexity index is 599. The van der Waals surface area contributed by atoms with E-state index in [-0.39, 0.29) is 13.0 Å². The molecule has 1 unspecified atom stereocenters. The maximum absolute atomic E-state index is 10.2. The first kappa shape index (κ1) is 30.9. The van der Waals surface area contributed by atoms with Crippen LogP contribution in [-0.4, -0.2) is 150 Å². The average molecular weight is 504 g/mol. The van der Waals surface area contributed by atoms with Crippen molar-refractivity contribution >= 4 is 5.97 Å². The van der Waals surface area contributed by atoms with Crippen LogP contribution in [0, 0.1) is 0 Å². The highest BCUT2D eigenvalue weighted by molar-refractivity contribution is 5.72. The third-order valence-corrected chi connectivity index (χ3v) is 5.38. The van der Waals surface area contributed by atoms with Crippen LogP contribution in [0.2, 0.25) is 0 Å². The fourth-order valence-corrected chi connectivity index (χ4v) is 3.18. The molecule has 0 aromatic carbocycles. The number of carboxylic acid groups (broad SMARTS) is 1. The average Bonchev–Trinajstić information content (AvgIpc) is 2.82. The monoisotopic (exact) mass is 504 g/mol. The summed E-state index contributed by atoms with van der Waals surface area (Å²) in [5.41, 5.74) is 10.3. The molecular formula is C18H36N2O14. The first-order chi connectivity index (χ1) is 15.9. The Labute approximate surface area is 194 Å². The van der Waals surface area contributed by atoms with Gasteiger partial charge in [0.15, 0.2) is 12.6 Å². The zero-order valence-electron chi connectivity index (χ0n) is 18.2. The van der Waals surface area contributed by atoms with Crippen LogP contribution in [0.5, 0.6) is 0 Å². The number of rotatable bonds is 9. The molecule has 2 heterocycles. The van der Waals surface area contributed by atoms with Gasteiger partial charge < -0.3 is 76.7 Å². The number of aliphatic hydroxyl groups is 9. The second-order valence-electron chi connectivity index (χ2n) is 7.94. The van der Waals surface area contributed by atoms with E-state index in [4.69, 9.17) is 41.0 Å². The molecule has 2 rings (SSSR count). The van der Waals surface area contributed by atoms with Crippen LogP contribution in [0.15, 0.2) is 0 Å². The summed E-state index contributed by atoms with van der Waals surface area (Å²) in [7, 11) is 0. The molecule has 0 amide bonds. The Morgan fingerprint density at radius 1 is 0.853 bits per heavy atom. The Kier molecular flexibility index (Phi) is 13.2. The summed E-state index contributed by atoms with van der Waals surface area (Å²) in [6.07, 6.45) is -15.6. The molecule has 14 N–H and O–H groups in total. The van der Waals surface area contributed by atoms with Gasteiger partial charge in [0.25, 0.3) is 0 Å². The van der Waals surface area contributed by atoms with E-state index in [0.29, 0.717) is 6.42 Å². The van der Waals surface area contributed by atoms with E-state index in [1.807, 2.05) is 0 Å². The lowest BCUT2D eigenvalue weighted by Gasteiger charge is -2.45. The molecule has 202 valence electrons. The number of aliphatic carboxylic acids is 1. The fourth-order valence-electron chi connectivity index (χ4n) is 3.18. The first-order valence-electron chi connectivity index (χ1n) is 10.5. The van der Waals surface area contributed by atoms with Crippen molar-refractivity contribution in [3.05, 3.63) is 0 Å². The minimum absolute atomic E-state index is 0.145. The highest BCUT2D eigenvalue weighted by atomic mass is 16.7. The van der Waals surface area contributed by atoms with Gasteiger partial charge in [-0.05, 0) is 12.8 Å². The van der Waals surface area contributed by atoms with Crippen molar-refractivity contribution in [1.82, 2.24) is 0 Å². The van der Waals surface area contributed by atoms with E-state index in [1.54, 1.807) is 0 Å². The molecule has 0 bridgehead atoms. The number of carbonyl (C=O) groups is 1. The van der Waals surface area contributed by atoms with E-state index in [0.717, 1.165) is 0 Å². The molecule has 16 nitrogen and oxygen atoms in total. The van der Waals surface area contributed by atoms with Crippen molar-refractivity contribution < 1.29 is 70.1 Å². The van der Waals surface area contributed by atoms with Gasteiger partial charge >= 0.3 is 5.97 Å². The predicted molar refractivity (Wildman–Crippen MR) is 109 cm³/mol. The third-order valence-electron chi connectivity index (χ3n) is 5.38. The molecule has 2 aliphatic heterocycles. The largest absolute Gasteiger partial charge is 0.480 e. The number of aliphatic hydroxyl groups excluding tert-OH is 9. The third kappa shape index (κ3) is 8.25. The number of hydrogen-bond donors (Lipinski definition) is 12. The highest BCUT2D eigenvalue weighted by Crippen LogP contribution is 2.28. The van der Waals surface area contributed by atoms with Gasteiger partial charge in [-0.15, -0.1) is 0 Å². The fraction of sp³-hybridized carbons (Fsp3) is 0.944. The number of hydrogen-bond acceptors (Lipinski definition) is 15. The first-order valence-corrected chi connectivity index (χ1v) is 10.5. The topological polar surface area (TPSA) is 299 Å². The normalized spacial score (nSPS) is 40.1. The molecule has 34 heavy (non-hydrogen) atoms. The lowest BCUT2D eigenvalue weighted by Crippen LogP contribution is -2.64. The molecule has 0 saturated carbocycles. The Morgan fingerprint density at radius 3 is 1.94 bits per heavy atom. The summed E-state index contributed by atoms with van der Waals surface area (Å²) >= 11 is 0. The molecule has 12 atom stereocenters. The second-order valence-corrected chi connectivity index (χ2v) is 7.94. The maximum Gasteiger partial charge on any atom is 0.320 e. The molecule has 2 aliphatic rings. The summed E-state index contributed by atoms with van der Waals surface area (Å²) in [5.74, 6) is -1.05. The quantitative estimate of drug-likeness (QED) is 0.139. The second kappa shape index (κ2) is 14.5. The zero-order valence-corrected chi connectivity index (χ0v) is 18.2. The smallest absolute Gasteiger partial charge is 0.320 e. The Balaban J connectivity index is 0.000000445. The van der Waals surface area contributed by atoms with E-state index in [1.165, 1.54) is 0 Å². The van der Waals surface area contributed by atoms with Gasteiger partial charge in [-0.2, -0.15) is 0 Å². The molecule has 0 aromatic rings. The van der Waals surface area contributed by atoms with Crippen molar-refractivity contribution in [2.75, 3.05) is 19.8 Å². The van der Waals surface area contributed by atoms with Gasteiger partial charge in [0.05, 0.1) is 19.3 Å². The molecule has 16 heteroatoms. The van der Waals surface area contributed by atoms with Crippen LogP contribution < -0.4 is 11.5 Å². The zero-order chi connectivity index (χ0) is 26.2. The molecule has 2 saturated heterocycles. The van der Waals surface area contributed by atoms with Gasteiger partial charge in [0.2, 0.25) is 0 Å². The summed E-state index contributed by atoms with van der Waals surface area (Å²) in [6, 6.07) is -0.892. The standard InChI is InChI=1S/C12H22O11.C6H14N2O3/c13-1-3-5(15)6(16)9(19)12(22-3)23-10-4(2-14)21-11(20)8(18)7(10)17;7-3-4(9)1-2-5(8)6(10)11/h3-20H,1-2H2;4-5,9H,1-3,7-8H2,(H,10,11)/t3-,4-,5+,6+,7-,8-,9-,10-,11?,12+;4-,5+/m11/s1. The van der Waals surface area contributed by atoms with Crippen LogP contribution in [0.1, 0.15) is 12.8 Å². The molecule has 2 fully saturated rings. The van der Waals surface area contributed by atoms with Crippen molar-refractivity contribution in [1.29, 1.82) is 0 Å². The van der Waals surface area contributed by atoms with Crippen LogP contribution in [0.25, 0.3) is 0 Å².